The Hall–Kier alpha value is -3.11. The number of benzene rings is 2. The fourth-order valence-corrected chi connectivity index (χ4v) is 3.45. The number of aliphatic hydroxyl groups excluding tert-OH is 1. The van der Waals surface area contributed by atoms with E-state index in [1.165, 1.54) is 17.0 Å². The van der Waals surface area contributed by atoms with Gasteiger partial charge in [-0.3, -0.25) is 4.79 Å². The fraction of sp³-hybridized carbons (Fsp3) is 0.250. The molecule has 1 aliphatic heterocycles. The first-order chi connectivity index (χ1) is 14.7. The molecule has 1 aliphatic rings. The number of hydrogen-bond donors (Lipinski definition) is 1. The molecule has 0 unspecified atom stereocenters. The van der Waals surface area contributed by atoms with Gasteiger partial charge in [-0.05, 0) is 48.5 Å². The average molecular weight is 454 g/mol. The summed E-state index contributed by atoms with van der Waals surface area (Å²) in [7, 11) is 0. The van der Waals surface area contributed by atoms with E-state index in [1.54, 1.807) is 24.3 Å². The molecule has 0 radical (unpaired) electrons. The molecule has 1 aromatic heterocycles. The minimum absolute atomic E-state index is 0.0906. The molecule has 1 fully saturated rings. The highest BCUT2D eigenvalue weighted by molar-refractivity contribution is 6.30. The van der Waals surface area contributed by atoms with Crippen LogP contribution < -0.4 is 4.74 Å². The number of rotatable bonds is 4. The first kappa shape index (κ1) is 21.1. The summed E-state index contributed by atoms with van der Waals surface area (Å²) >= 11 is 5.86. The average Bonchev–Trinajstić information content (AvgIpc) is 3.34. The Kier molecular flexibility index (Phi) is 5.59. The highest BCUT2D eigenvalue weighted by Gasteiger charge is 2.39. The Balaban J connectivity index is 1.54. The van der Waals surface area contributed by atoms with Crippen molar-refractivity contribution in [2.45, 2.75) is 24.9 Å². The first-order valence-electron chi connectivity index (χ1n) is 9.14. The van der Waals surface area contributed by atoms with E-state index >= 15 is 0 Å². The van der Waals surface area contributed by atoms with Gasteiger partial charge in [0.1, 0.15) is 11.8 Å². The number of carbonyl (C=O) groups is 1. The summed E-state index contributed by atoms with van der Waals surface area (Å²) in [5.41, 5.74) is 0.794. The van der Waals surface area contributed by atoms with Crippen molar-refractivity contribution in [3.63, 3.8) is 0 Å². The van der Waals surface area contributed by atoms with Gasteiger partial charge in [-0.2, -0.15) is 4.98 Å². The lowest BCUT2D eigenvalue weighted by Gasteiger charge is -2.21. The van der Waals surface area contributed by atoms with E-state index in [1.807, 2.05) is 0 Å². The van der Waals surface area contributed by atoms with E-state index in [0.29, 0.717) is 16.1 Å². The van der Waals surface area contributed by atoms with Crippen LogP contribution in [0.2, 0.25) is 5.02 Å². The van der Waals surface area contributed by atoms with Crippen LogP contribution >= 0.6 is 11.6 Å². The van der Waals surface area contributed by atoms with Gasteiger partial charge in [-0.1, -0.05) is 16.8 Å². The van der Waals surface area contributed by atoms with Gasteiger partial charge in [0.15, 0.2) is 0 Å². The van der Waals surface area contributed by atoms with Crippen LogP contribution in [0.1, 0.15) is 28.7 Å². The van der Waals surface area contributed by atoms with E-state index in [-0.39, 0.29) is 36.3 Å². The molecule has 1 saturated heterocycles. The summed E-state index contributed by atoms with van der Waals surface area (Å²) in [5.74, 6) is -0.455. The smallest absolute Gasteiger partial charge is 0.406 e. The third kappa shape index (κ3) is 4.80. The molecular weight excluding hydrogens is 439 g/mol. The molecule has 11 heteroatoms. The predicted octanol–water partition coefficient (Wildman–Crippen LogP) is 4.24. The zero-order valence-corrected chi connectivity index (χ0v) is 16.5. The van der Waals surface area contributed by atoms with Crippen LogP contribution in [0.25, 0.3) is 11.4 Å². The van der Waals surface area contributed by atoms with Crippen molar-refractivity contribution in [3.8, 4) is 17.1 Å². The second kappa shape index (κ2) is 8.20. The second-order valence-electron chi connectivity index (χ2n) is 6.90. The van der Waals surface area contributed by atoms with E-state index in [0.717, 1.165) is 12.1 Å². The molecule has 2 atom stereocenters. The third-order valence-electron chi connectivity index (χ3n) is 4.70. The number of carbonyl (C=O) groups excluding carboxylic acids is 1. The molecule has 7 nitrogen and oxygen atoms in total. The quantitative estimate of drug-likeness (QED) is 0.635. The largest absolute Gasteiger partial charge is 0.573 e. The monoisotopic (exact) mass is 453 g/mol. The van der Waals surface area contributed by atoms with Gasteiger partial charge in [0.25, 0.3) is 5.91 Å². The molecule has 3 aromatic rings. The number of likely N-dealkylation sites (tertiary alicyclic amines) is 1. The molecule has 2 heterocycles. The lowest BCUT2D eigenvalue weighted by Crippen LogP contribution is -2.31. The van der Waals surface area contributed by atoms with Gasteiger partial charge in [0.05, 0.1) is 6.10 Å². The Labute approximate surface area is 179 Å². The topological polar surface area (TPSA) is 88.7 Å². The van der Waals surface area contributed by atoms with Crippen molar-refractivity contribution in [1.82, 2.24) is 15.0 Å². The molecule has 4 rings (SSSR count). The zero-order chi connectivity index (χ0) is 22.2. The fourth-order valence-electron chi connectivity index (χ4n) is 3.32. The molecule has 1 N–H and O–H groups in total. The van der Waals surface area contributed by atoms with Gasteiger partial charge in [-0.15, -0.1) is 13.2 Å². The standard InChI is InChI=1S/C20H15ClF3N3O4/c21-13-5-1-12(2-6-13)19(29)27-10-14(28)9-16(27)18-25-17(26-31-18)11-3-7-15(8-4-11)30-20(22,23)24/h1-8,14,16,28H,9-10H2/t14-,16+/m1/s1. The van der Waals surface area contributed by atoms with Crippen molar-refractivity contribution >= 4 is 17.5 Å². The van der Waals surface area contributed by atoms with Crippen LogP contribution in [-0.2, 0) is 0 Å². The maximum Gasteiger partial charge on any atom is 0.573 e. The van der Waals surface area contributed by atoms with Crippen molar-refractivity contribution in [2.75, 3.05) is 6.54 Å². The highest BCUT2D eigenvalue weighted by Crippen LogP contribution is 2.34. The molecule has 0 spiro atoms. The third-order valence-corrected chi connectivity index (χ3v) is 4.96. The Bertz CT molecular complexity index is 1070. The minimum Gasteiger partial charge on any atom is -0.406 e. The van der Waals surface area contributed by atoms with Crippen LogP contribution in [0.5, 0.6) is 5.75 Å². The van der Waals surface area contributed by atoms with Gasteiger partial charge >= 0.3 is 6.36 Å². The number of ether oxygens (including phenoxy) is 1. The number of hydrogen-bond acceptors (Lipinski definition) is 6. The van der Waals surface area contributed by atoms with Crippen LogP contribution in [-0.4, -0.2) is 45.1 Å². The summed E-state index contributed by atoms with van der Waals surface area (Å²) in [6.45, 7) is 0.0906. The minimum atomic E-state index is -4.79. The zero-order valence-electron chi connectivity index (χ0n) is 15.7. The highest BCUT2D eigenvalue weighted by atomic mass is 35.5. The van der Waals surface area contributed by atoms with Crippen molar-refractivity contribution in [1.29, 1.82) is 0 Å². The lowest BCUT2D eigenvalue weighted by molar-refractivity contribution is -0.274. The van der Waals surface area contributed by atoms with Gasteiger partial charge < -0.3 is 19.3 Å². The molecule has 1 amide bonds. The van der Waals surface area contributed by atoms with E-state index in [9.17, 15) is 23.1 Å². The van der Waals surface area contributed by atoms with Crippen LogP contribution in [0, 0.1) is 0 Å². The number of alkyl halides is 3. The van der Waals surface area contributed by atoms with Gasteiger partial charge in [0.2, 0.25) is 11.7 Å². The number of β-amino-alcohol motifs (C(OH)–C–C–N with tert-alkyl or cyclic N) is 1. The van der Waals surface area contributed by atoms with Gasteiger partial charge in [0, 0.05) is 29.1 Å². The molecule has 0 bridgehead atoms. The number of aromatic nitrogens is 2. The summed E-state index contributed by atoms with van der Waals surface area (Å²) in [6.07, 6.45) is -5.35. The second-order valence-corrected chi connectivity index (χ2v) is 7.33. The number of aliphatic hydroxyl groups is 1. The molecule has 0 aliphatic carbocycles. The molecule has 2 aromatic carbocycles. The molecule has 31 heavy (non-hydrogen) atoms. The summed E-state index contributed by atoms with van der Waals surface area (Å²) in [6, 6.07) is 10.7. The van der Waals surface area contributed by atoms with Crippen molar-refractivity contribution in [2.24, 2.45) is 0 Å². The Morgan fingerprint density at radius 3 is 2.48 bits per heavy atom. The van der Waals surface area contributed by atoms with Crippen molar-refractivity contribution in [3.05, 3.63) is 65.0 Å². The van der Waals surface area contributed by atoms with Crippen LogP contribution in [0.3, 0.4) is 0 Å². The SMILES string of the molecule is O=C(c1ccc(Cl)cc1)N1C[C@H](O)C[C@H]1c1nc(-c2ccc(OC(F)(F)F)cc2)no1. The van der Waals surface area contributed by atoms with Crippen LogP contribution in [0.4, 0.5) is 13.2 Å². The Morgan fingerprint density at radius 2 is 1.84 bits per heavy atom. The van der Waals surface area contributed by atoms with Crippen molar-refractivity contribution < 1.29 is 32.3 Å². The summed E-state index contributed by atoms with van der Waals surface area (Å²) in [4.78, 5) is 18.6. The molecular formula is C20H15ClF3N3O4. The first-order valence-corrected chi connectivity index (χ1v) is 9.52. The maximum atomic E-state index is 12.9. The molecule has 0 saturated carbocycles. The summed E-state index contributed by atoms with van der Waals surface area (Å²) < 4.78 is 46.0. The Morgan fingerprint density at radius 1 is 1.16 bits per heavy atom. The summed E-state index contributed by atoms with van der Waals surface area (Å²) in [5, 5.41) is 14.4. The predicted molar refractivity (Wildman–Crippen MR) is 102 cm³/mol. The number of amides is 1. The van der Waals surface area contributed by atoms with E-state index in [2.05, 4.69) is 14.9 Å². The molecule has 162 valence electrons. The lowest BCUT2D eigenvalue weighted by atomic mass is 10.1. The number of halogens is 4. The van der Waals surface area contributed by atoms with Gasteiger partial charge in [-0.25, -0.2) is 0 Å². The normalized spacial score (nSPS) is 18.9. The van der Waals surface area contributed by atoms with E-state index < -0.39 is 18.5 Å². The maximum absolute atomic E-state index is 12.9. The van der Waals surface area contributed by atoms with E-state index in [4.69, 9.17) is 16.1 Å². The van der Waals surface area contributed by atoms with Crippen LogP contribution in [0.15, 0.2) is 53.1 Å². The number of nitrogens with zero attached hydrogens (tertiary/aromatic N) is 3.